The van der Waals surface area contributed by atoms with Crippen LogP contribution in [-0.4, -0.2) is 13.1 Å². The van der Waals surface area contributed by atoms with Crippen molar-refractivity contribution in [1.29, 1.82) is 0 Å². The Labute approximate surface area is 131 Å². The largest absolute Gasteiger partial charge is 0.315 e. The standard InChI is InChI=1S/C16H14BrClFN/c17-13-5-2-4-12(7-13)16(9-20-10-16)8-11-3-1-6-14(19)15(11)18/h1-7,20H,8-10H2. The van der Waals surface area contributed by atoms with E-state index in [1.165, 1.54) is 11.6 Å². The lowest BCUT2D eigenvalue weighted by molar-refractivity contribution is 0.274. The number of rotatable bonds is 3. The molecule has 1 nitrogen and oxygen atoms in total. The maximum absolute atomic E-state index is 13.6. The van der Waals surface area contributed by atoms with Gasteiger partial charge in [-0.2, -0.15) is 0 Å². The molecule has 0 atom stereocenters. The summed E-state index contributed by atoms with van der Waals surface area (Å²) in [6.45, 7) is 1.77. The predicted octanol–water partition coefficient (Wildman–Crippen LogP) is 4.33. The van der Waals surface area contributed by atoms with Crippen molar-refractivity contribution in [3.05, 3.63) is 68.9 Å². The van der Waals surface area contributed by atoms with E-state index < -0.39 is 0 Å². The fraction of sp³-hybridized carbons (Fsp3) is 0.250. The molecule has 0 radical (unpaired) electrons. The zero-order chi connectivity index (χ0) is 14.2. The predicted molar refractivity (Wildman–Crippen MR) is 83.8 cm³/mol. The minimum atomic E-state index is -0.346. The van der Waals surface area contributed by atoms with Crippen LogP contribution in [0.1, 0.15) is 11.1 Å². The normalized spacial score (nSPS) is 16.8. The highest BCUT2D eigenvalue weighted by molar-refractivity contribution is 9.10. The van der Waals surface area contributed by atoms with Gasteiger partial charge in [-0.15, -0.1) is 0 Å². The highest BCUT2D eigenvalue weighted by Crippen LogP contribution is 2.36. The molecule has 3 rings (SSSR count). The van der Waals surface area contributed by atoms with E-state index in [1.807, 2.05) is 18.2 Å². The van der Waals surface area contributed by atoms with E-state index in [0.29, 0.717) is 0 Å². The molecule has 1 N–H and O–H groups in total. The van der Waals surface area contributed by atoms with Gasteiger partial charge in [0.2, 0.25) is 0 Å². The van der Waals surface area contributed by atoms with Crippen LogP contribution in [0.25, 0.3) is 0 Å². The molecule has 0 spiro atoms. The summed E-state index contributed by atoms with van der Waals surface area (Å²) < 4.78 is 14.6. The van der Waals surface area contributed by atoms with E-state index in [-0.39, 0.29) is 16.3 Å². The zero-order valence-corrected chi connectivity index (χ0v) is 13.1. The van der Waals surface area contributed by atoms with E-state index in [2.05, 4.69) is 33.4 Å². The van der Waals surface area contributed by atoms with Crippen molar-refractivity contribution >= 4 is 27.5 Å². The molecule has 1 heterocycles. The van der Waals surface area contributed by atoms with Gasteiger partial charge in [-0.1, -0.05) is 51.8 Å². The third-order valence-electron chi connectivity index (χ3n) is 3.92. The van der Waals surface area contributed by atoms with Crippen molar-refractivity contribution in [3.8, 4) is 0 Å². The molecule has 4 heteroatoms. The second-order valence-corrected chi connectivity index (χ2v) is 6.58. The van der Waals surface area contributed by atoms with Gasteiger partial charge in [-0.25, -0.2) is 4.39 Å². The molecule has 0 amide bonds. The van der Waals surface area contributed by atoms with Crippen LogP contribution in [0.4, 0.5) is 4.39 Å². The molecular formula is C16H14BrClFN. The molecule has 0 aliphatic carbocycles. The number of hydrogen-bond acceptors (Lipinski definition) is 1. The SMILES string of the molecule is Fc1cccc(CC2(c3cccc(Br)c3)CNC2)c1Cl. The summed E-state index contributed by atoms with van der Waals surface area (Å²) in [7, 11) is 0. The maximum Gasteiger partial charge on any atom is 0.142 e. The molecule has 0 unspecified atom stereocenters. The molecule has 1 saturated heterocycles. The molecule has 1 fully saturated rings. The van der Waals surface area contributed by atoms with E-state index in [9.17, 15) is 4.39 Å². The lowest BCUT2D eigenvalue weighted by Gasteiger charge is -2.43. The Bertz CT molecular complexity index is 640. The molecule has 104 valence electrons. The second-order valence-electron chi connectivity index (χ2n) is 5.28. The van der Waals surface area contributed by atoms with E-state index in [4.69, 9.17) is 11.6 Å². The zero-order valence-electron chi connectivity index (χ0n) is 10.8. The van der Waals surface area contributed by atoms with Crippen LogP contribution in [0.3, 0.4) is 0 Å². The summed E-state index contributed by atoms with van der Waals surface area (Å²) in [5.41, 5.74) is 2.13. The van der Waals surface area contributed by atoms with Gasteiger partial charge in [0.05, 0.1) is 5.02 Å². The van der Waals surface area contributed by atoms with E-state index in [1.54, 1.807) is 6.07 Å². The van der Waals surface area contributed by atoms with Gasteiger partial charge >= 0.3 is 0 Å². The summed E-state index contributed by atoms with van der Waals surface area (Å²) in [5, 5.41) is 3.57. The highest BCUT2D eigenvalue weighted by atomic mass is 79.9. The van der Waals surface area contributed by atoms with Crippen LogP contribution in [0.2, 0.25) is 5.02 Å². The molecule has 1 aliphatic rings. The van der Waals surface area contributed by atoms with Crippen molar-refractivity contribution in [2.45, 2.75) is 11.8 Å². The Morgan fingerprint density at radius 1 is 1.20 bits per heavy atom. The first kappa shape index (κ1) is 14.1. The van der Waals surface area contributed by atoms with Crippen LogP contribution in [0.5, 0.6) is 0 Å². The quantitative estimate of drug-likeness (QED) is 0.865. The van der Waals surface area contributed by atoms with Gasteiger partial charge in [0, 0.05) is 23.0 Å². The number of hydrogen-bond donors (Lipinski definition) is 1. The monoisotopic (exact) mass is 353 g/mol. The van der Waals surface area contributed by atoms with Gasteiger partial charge in [0.1, 0.15) is 5.82 Å². The van der Waals surface area contributed by atoms with Crippen LogP contribution < -0.4 is 5.32 Å². The Morgan fingerprint density at radius 3 is 2.60 bits per heavy atom. The first-order valence-electron chi connectivity index (χ1n) is 6.50. The van der Waals surface area contributed by atoms with Crippen molar-refractivity contribution in [1.82, 2.24) is 5.32 Å². The van der Waals surface area contributed by atoms with E-state index >= 15 is 0 Å². The first-order chi connectivity index (χ1) is 9.61. The van der Waals surface area contributed by atoms with Gasteiger partial charge in [0.15, 0.2) is 0 Å². The Morgan fingerprint density at radius 2 is 1.95 bits per heavy atom. The Hall–Kier alpha value is -0.900. The minimum absolute atomic E-state index is 0.00120. The van der Waals surface area contributed by atoms with Gasteiger partial charge in [-0.3, -0.25) is 0 Å². The molecule has 20 heavy (non-hydrogen) atoms. The molecule has 0 aromatic heterocycles. The molecule has 2 aromatic carbocycles. The summed E-state index contributed by atoms with van der Waals surface area (Å²) in [6.07, 6.45) is 0.743. The van der Waals surface area contributed by atoms with E-state index in [0.717, 1.165) is 29.5 Å². The average Bonchev–Trinajstić information content (AvgIpc) is 2.38. The third kappa shape index (κ3) is 2.50. The third-order valence-corrected chi connectivity index (χ3v) is 4.84. The van der Waals surface area contributed by atoms with Crippen molar-refractivity contribution in [2.24, 2.45) is 0 Å². The lowest BCUT2D eigenvalue weighted by Crippen LogP contribution is -2.58. The van der Waals surface area contributed by atoms with Gasteiger partial charge in [-0.05, 0) is 35.7 Å². The van der Waals surface area contributed by atoms with Crippen molar-refractivity contribution < 1.29 is 4.39 Å². The lowest BCUT2D eigenvalue weighted by atomic mass is 9.71. The summed E-state index contributed by atoms with van der Waals surface area (Å²) in [5.74, 6) is -0.346. The number of halogens is 3. The number of nitrogens with one attached hydrogen (secondary N) is 1. The van der Waals surface area contributed by atoms with Crippen LogP contribution in [-0.2, 0) is 11.8 Å². The number of benzene rings is 2. The van der Waals surface area contributed by atoms with Crippen LogP contribution in [0.15, 0.2) is 46.9 Å². The minimum Gasteiger partial charge on any atom is -0.315 e. The molecule has 0 bridgehead atoms. The summed E-state index contributed by atoms with van der Waals surface area (Å²) >= 11 is 9.61. The molecule has 1 aliphatic heterocycles. The topological polar surface area (TPSA) is 12.0 Å². The second kappa shape index (κ2) is 5.47. The maximum atomic E-state index is 13.6. The molecule has 0 saturated carbocycles. The van der Waals surface area contributed by atoms with Crippen LogP contribution in [0, 0.1) is 5.82 Å². The molecular weight excluding hydrogens is 341 g/mol. The fourth-order valence-electron chi connectivity index (χ4n) is 2.73. The highest BCUT2D eigenvalue weighted by Gasteiger charge is 2.39. The fourth-order valence-corrected chi connectivity index (χ4v) is 3.32. The molecule has 2 aromatic rings. The smallest absolute Gasteiger partial charge is 0.142 e. The average molecular weight is 355 g/mol. The Kier molecular flexibility index (Phi) is 3.85. The van der Waals surface area contributed by atoms with Crippen LogP contribution >= 0.6 is 27.5 Å². The summed E-state index contributed by atoms with van der Waals surface area (Å²) in [6, 6.07) is 13.3. The van der Waals surface area contributed by atoms with Gasteiger partial charge in [0.25, 0.3) is 0 Å². The van der Waals surface area contributed by atoms with Crippen molar-refractivity contribution in [3.63, 3.8) is 0 Å². The van der Waals surface area contributed by atoms with Crippen molar-refractivity contribution in [2.75, 3.05) is 13.1 Å². The first-order valence-corrected chi connectivity index (χ1v) is 7.67. The Balaban J connectivity index is 1.96. The van der Waals surface area contributed by atoms with Gasteiger partial charge < -0.3 is 5.32 Å². The summed E-state index contributed by atoms with van der Waals surface area (Å²) in [4.78, 5) is 0.